The number of benzene rings is 1. The molecule has 0 radical (unpaired) electrons. The van der Waals surface area contributed by atoms with Crippen LogP contribution < -0.4 is 0 Å². The van der Waals surface area contributed by atoms with Crippen molar-refractivity contribution in [3.8, 4) is 0 Å². The van der Waals surface area contributed by atoms with E-state index in [1.54, 1.807) is 10.9 Å². The summed E-state index contributed by atoms with van der Waals surface area (Å²) in [5.74, 6) is 0.739. The highest BCUT2D eigenvalue weighted by atomic mass is 16.5. The molecule has 2 fully saturated rings. The molecule has 0 bridgehead atoms. The Morgan fingerprint density at radius 1 is 1.13 bits per heavy atom. The molecule has 5 rings (SSSR count). The third-order valence-corrected chi connectivity index (χ3v) is 5.88. The van der Waals surface area contributed by atoms with Crippen molar-refractivity contribution in [3.63, 3.8) is 0 Å². The summed E-state index contributed by atoms with van der Waals surface area (Å²) in [5.41, 5.74) is 2.05. The van der Waals surface area contributed by atoms with E-state index in [1.165, 1.54) is 0 Å². The van der Waals surface area contributed by atoms with Gasteiger partial charge < -0.3 is 14.1 Å². The molecule has 2 aromatic heterocycles. The van der Waals surface area contributed by atoms with Crippen LogP contribution in [-0.2, 0) is 11.3 Å². The number of para-hydroxylation sites is 2. The fourth-order valence-electron chi connectivity index (χ4n) is 4.16. The number of likely N-dealkylation sites (tertiary alicyclic amines) is 1. The third kappa shape index (κ3) is 4.08. The minimum Gasteiger partial charge on any atom is -0.440 e. The largest absolute Gasteiger partial charge is 0.440 e. The number of ether oxygens (including phenoxy) is 1. The van der Waals surface area contributed by atoms with Crippen molar-refractivity contribution in [2.75, 3.05) is 45.9 Å². The molecule has 0 saturated carbocycles. The van der Waals surface area contributed by atoms with Gasteiger partial charge in [0.2, 0.25) is 0 Å². The Kier molecular flexibility index (Phi) is 5.46. The van der Waals surface area contributed by atoms with Gasteiger partial charge >= 0.3 is 0 Å². The van der Waals surface area contributed by atoms with Crippen LogP contribution in [-0.4, -0.2) is 81.6 Å². The van der Waals surface area contributed by atoms with Crippen LogP contribution in [0, 0.1) is 0 Å². The monoisotopic (exact) mass is 410 g/mol. The lowest BCUT2D eigenvalue weighted by atomic mass is 9.98. The number of hydrogen-bond acceptors (Lipinski definition) is 7. The zero-order valence-electron chi connectivity index (χ0n) is 16.9. The molecule has 1 atom stereocenters. The molecular weight excluding hydrogens is 384 g/mol. The van der Waals surface area contributed by atoms with E-state index in [1.807, 2.05) is 29.2 Å². The Labute approximate surface area is 174 Å². The summed E-state index contributed by atoms with van der Waals surface area (Å²) in [5, 5.41) is 8.28. The standard InChI is InChI=1S/C21H26N6O3/c28-21(18-15-27(24-23-18)9-8-25-10-12-29-13-11-25)26-7-3-4-16(14-26)20-22-17-5-1-2-6-19(17)30-20/h1-2,5-6,15-16H,3-4,7-14H2/t16-/m0/s1. The van der Waals surface area contributed by atoms with Crippen LogP contribution in [0.2, 0.25) is 0 Å². The van der Waals surface area contributed by atoms with E-state index < -0.39 is 0 Å². The number of aromatic nitrogens is 4. The molecular formula is C21H26N6O3. The highest BCUT2D eigenvalue weighted by molar-refractivity contribution is 5.92. The summed E-state index contributed by atoms with van der Waals surface area (Å²) < 4.78 is 13.1. The van der Waals surface area contributed by atoms with E-state index in [4.69, 9.17) is 9.15 Å². The Hall–Kier alpha value is -2.78. The van der Waals surface area contributed by atoms with Crippen LogP contribution in [0.25, 0.3) is 11.1 Å². The summed E-state index contributed by atoms with van der Waals surface area (Å²) in [6.45, 7) is 6.32. The molecule has 30 heavy (non-hydrogen) atoms. The lowest BCUT2D eigenvalue weighted by Gasteiger charge is -2.30. The van der Waals surface area contributed by atoms with E-state index in [0.29, 0.717) is 24.7 Å². The van der Waals surface area contributed by atoms with Crippen molar-refractivity contribution in [2.45, 2.75) is 25.3 Å². The predicted molar refractivity (Wildman–Crippen MR) is 109 cm³/mol. The fraction of sp³-hybridized carbons (Fsp3) is 0.524. The topological polar surface area (TPSA) is 89.5 Å². The minimum absolute atomic E-state index is 0.0755. The molecule has 9 nitrogen and oxygen atoms in total. The molecule has 2 aliphatic rings. The van der Waals surface area contributed by atoms with E-state index in [0.717, 1.165) is 63.3 Å². The van der Waals surface area contributed by atoms with Gasteiger partial charge in [0, 0.05) is 32.7 Å². The summed E-state index contributed by atoms with van der Waals surface area (Å²) >= 11 is 0. The molecule has 2 saturated heterocycles. The number of piperidine rings is 1. The first kappa shape index (κ1) is 19.2. The quantitative estimate of drug-likeness (QED) is 0.633. The van der Waals surface area contributed by atoms with Crippen molar-refractivity contribution in [2.24, 2.45) is 0 Å². The first-order valence-electron chi connectivity index (χ1n) is 10.6. The predicted octanol–water partition coefficient (Wildman–Crippen LogP) is 1.77. The number of hydrogen-bond donors (Lipinski definition) is 0. The number of carbonyl (C=O) groups is 1. The second-order valence-corrected chi connectivity index (χ2v) is 7.93. The Morgan fingerprint density at radius 3 is 2.87 bits per heavy atom. The van der Waals surface area contributed by atoms with Gasteiger partial charge in [-0.15, -0.1) is 5.10 Å². The van der Waals surface area contributed by atoms with Gasteiger partial charge in [0.05, 0.1) is 31.9 Å². The molecule has 0 aliphatic carbocycles. The van der Waals surface area contributed by atoms with E-state index in [2.05, 4.69) is 20.2 Å². The molecule has 2 aliphatic heterocycles. The molecule has 1 aromatic carbocycles. The van der Waals surface area contributed by atoms with Gasteiger partial charge in [-0.3, -0.25) is 14.4 Å². The fourth-order valence-corrected chi connectivity index (χ4v) is 4.16. The molecule has 9 heteroatoms. The van der Waals surface area contributed by atoms with E-state index >= 15 is 0 Å². The number of oxazole rings is 1. The average molecular weight is 410 g/mol. The molecule has 0 unspecified atom stereocenters. The first-order valence-corrected chi connectivity index (χ1v) is 10.6. The summed E-state index contributed by atoms with van der Waals surface area (Å²) in [6, 6.07) is 7.76. The summed E-state index contributed by atoms with van der Waals surface area (Å²) in [7, 11) is 0. The van der Waals surface area contributed by atoms with Crippen molar-refractivity contribution in [1.29, 1.82) is 0 Å². The number of amides is 1. The van der Waals surface area contributed by atoms with E-state index in [9.17, 15) is 4.79 Å². The first-order chi connectivity index (χ1) is 14.8. The van der Waals surface area contributed by atoms with Crippen molar-refractivity contribution < 1.29 is 13.9 Å². The lowest BCUT2D eigenvalue weighted by molar-refractivity contribution is 0.0359. The van der Waals surface area contributed by atoms with E-state index in [-0.39, 0.29) is 11.8 Å². The maximum absolute atomic E-state index is 13.0. The number of nitrogens with zero attached hydrogens (tertiary/aromatic N) is 6. The van der Waals surface area contributed by atoms with Gasteiger partial charge in [0.25, 0.3) is 5.91 Å². The second-order valence-electron chi connectivity index (χ2n) is 7.93. The highest BCUT2D eigenvalue weighted by Gasteiger charge is 2.29. The molecule has 1 amide bonds. The summed E-state index contributed by atoms with van der Waals surface area (Å²) in [4.78, 5) is 21.8. The number of carbonyl (C=O) groups excluding carboxylic acids is 1. The molecule has 4 heterocycles. The maximum atomic E-state index is 13.0. The summed E-state index contributed by atoms with van der Waals surface area (Å²) in [6.07, 6.45) is 3.63. The van der Waals surface area contributed by atoms with Crippen LogP contribution in [0.5, 0.6) is 0 Å². The Morgan fingerprint density at radius 2 is 2.00 bits per heavy atom. The third-order valence-electron chi connectivity index (χ3n) is 5.88. The number of fused-ring (bicyclic) bond motifs is 1. The molecule has 0 spiro atoms. The smallest absolute Gasteiger partial charge is 0.276 e. The Bertz CT molecular complexity index is 976. The van der Waals surface area contributed by atoms with Crippen LogP contribution in [0.4, 0.5) is 0 Å². The van der Waals surface area contributed by atoms with Crippen LogP contribution in [0.15, 0.2) is 34.9 Å². The number of rotatable bonds is 5. The van der Waals surface area contributed by atoms with Crippen LogP contribution >= 0.6 is 0 Å². The normalized spacial score (nSPS) is 20.7. The molecule has 3 aromatic rings. The van der Waals surface area contributed by atoms with Crippen LogP contribution in [0.3, 0.4) is 0 Å². The molecule has 0 N–H and O–H groups in total. The number of morpholine rings is 1. The van der Waals surface area contributed by atoms with Gasteiger partial charge in [-0.25, -0.2) is 4.98 Å². The second kappa shape index (κ2) is 8.53. The SMILES string of the molecule is O=C(c1cn(CCN2CCOCC2)nn1)N1CCC[C@H](c2nc3ccccc3o2)C1. The zero-order chi connectivity index (χ0) is 20.3. The van der Waals surface area contributed by atoms with Gasteiger partial charge in [0.15, 0.2) is 17.2 Å². The molecule has 158 valence electrons. The van der Waals surface area contributed by atoms with Crippen LogP contribution in [0.1, 0.15) is 35.1 Å². The van der Waals surface area contributed by atoms with Crippen molar-refractivity contribution in [3.05, 3.63) is 42.0 Å². The Balaban J connectivity index is 1.22. The van der Waals surface area contributed by atoms with Crippen molar-refractivity contribution >= 4 is 17.0 Å². The highest BCUT2D eigenvalue weighted by Crippen LogP contribution is 2.29. The minimum atomic E-state index is -0.0755. The van der Waals surface area contributed by atoms with Crippen molar-refractivity contribution in [1.82, 2.24) is 29.8 Å². The lowest BCUT2D eigenvalue weighted by Crippen LogP contribution is -2.39. The average Bonchev–Trinajstić information content (AvgIpc) is 3.45. The maximum Gasteiger partial charge on any atom is 0.276 e. The van der Waals surface area contributed by atoms with Gasteiger partial charge in [-0.1, -0.05) is 17.3 Å². The zero-order valence-corrected chi connectivity index (χ0v) is 16.9. The van der Waals surface area contributed by atoms with Gasteiger partial charge in [0.1, 0.15) is 5.52 Å². The van der Waals surface area contributed by atoms with Gasteiger partial charge in [-0.05, 0) is 25.0 Å². The van der Waals surface area contributed by atoms with Gasteiger partial charge in [-0.2, -0.15) is 0 Å².